The summed E-state index contributed by atoms with van der Waals surface area (Å²) >= 11 is 0. The Morgan fingerprint density at radius 2 is 2.00 bits per heavy atom. The van der Waals surface area contributed by atoms with E-state index in [0.29, 0.717) is 0 Å². The summed E-state index contributed by atoms with van der Waals surface area (Å²) in [6.45, 7) is -1.09. The number of ether oxygens (including phenoxy) is 3. The molecule has 0 amide bonds. The van der Waals surface area contributed by atoms with Crippen molar-refractivity contribution >= 4 is 5.97 Å². The van der Waals surface area contributed by atoms with Crippen molar-refractivity contribution in [2.75, 3.05) is 14.2 Å². The monoisotopic (exact) mass is 297 g/mol. The number of esters is 1. The van der Waals surface area contributed by atoms with Crippen LogP contribution in [0.1, 0.15) is 11.3 Å². The van der Waals surface area contributed by atoms with Crippen molar-refractivity contribution in [1.82, 2.24) is 4.98 Å². The topological polar surface area (TPSA) is 57.7 Å². The van der Waals surface area contributed by atoms with E-state index < -0.39 is 31.2 Å². The van der Waals surface area contributed by atoms with Crippen molar-refractivity contribution in [2.45, 2.75) is 19.5 Å². The Morgan fingerprint density at radius 1 is 1.35 bits per heavy atom. The molecule has 0 aliphatic carbocycles. The second-order valence-electron chi connectivity index (χ2n) is 3.54. The van der Waals surface area contributed by atoms with Gasteiger partial charge in [0.1, 0.15) is 6.67 Å². The third-order valence-corrected chi connectivity index (χ3v) is 2.20. The van der Waals surface area contributed by atoms with E-state index in [9.17, 15) is 22.4 Å². The summed E-state index contributed by atoms with van der Waals surface area (Å²) in [7, 11) is 2.24. The Hall–Kier alpha value is -2.06. The molecule has 0 radical (unpaired) electrons. The molecule has 0 saturated carbocycles. The second kappa shape index (κ2) is 6.40. The normalized spacial score (nSPS) is 11.1. The van der Waals surface area contributed by atoms with Crippen molar-refractivity contribution in [3.63, 3.8) is 0 Å². The molecule has 9 heteroatoms. The molecule has 0 aliphatic heterocycles. The second-order valence-corrected chi connectivity index (χ2v) is 3.54. The van der Waals surface area contributed by atoms with Gasteiger partial charge in [-0.3, -0.25) is 4.79 Å². The van der Waals surface area contributed by atoms with Crippen LogP contribution in [0, 0.1) is 0 Å². The van der Waals surface area contributed by atoms with Crippen LogP contribution in [-0.4, -0.2) is 31.5 Å². The molecule has 0 saturated heterocycles. The first kappa shape index (κ1) is 16.0. The Morgan fingerprint density at radius 3 is 2.45 bits per heavy atom. The van der Waals surface area contributed by atoms with E-state index in [1.807, 2.05) is 0 Å². The molecule has 0 bridgehead atoms. The Labute approximate surface area is 111 Å². The number of hydrogen-bond acceptors (Lipinski definition) is 5. The van der Waals surface area contributed by atoms with Gasteiger partial charge in [0.15, 0.2) is 5.75 Å². The first-order valence-corrected chi connectivity index (χ1v) is 5.26. The number of carbonyl (C=O) groups is 1. The largest absolute Gasteiger partial charge is 0.573 e. The minimum atomic E-state index is -4.99. The lowest BCUT2D eigenvalue weighted by Gasteiger charge is -2.15. The van der Waals surface area contributed by atoms with Gasteiger partial charge in [-0.05, 0) is 6.07 Å². The number of pyridine rings is 1. The number of hydrogen-bond donors (Lipinski definition) is 0. The van der Waals surface area contributed by atoms with E-state index in [-0.39, 0.29) is 17.1 Å². The maximum absolute atomic E-state index is 12.7. The van der Waals surface area contributed by atoms with Crippen molar-refractivity contribution in [1.29, 1.82) is 0 Å². The summed E-state index contributed by atoms with van der Waals surface area (Å²) < 4.78 is 62.3. The summed E-state index contributed by atoms with van der Waals surface area (Å²) in [6.07, 6.45) is -5.56. The number of aromatic nitrogens is 1. The third-order valence-electron chi connectivity index (χ3n) is 2.20. The van der Waals surface area contributed by atoms with Gasteiger partial charge in [-0.25, -0.2) is 9.37 Å². The Kier molecular flexibility index (Phi) is 5.12. The van der Waals surface area contributed by atoms with E-state index in [1.54, 1.807) is 0 Å². The van der Waals surface area contributed by atoms with Gasteiger partial charge in [0, 0.05) is 5.56 Å². The smallest absolute Gasteiger partial charge is 0.481 e. The van der Waals surface area contributed by atoms with Crippen molar-refractivity contribution in [3.8, 4) is 11.6 Å². The molecule has 1 aromatic rings. The van der Waals surface area contributed by atoms with Crippen LogP contribution < -0.4 is 9.47 Å². The van der Waals surface area contributed by atoms with E-state index in [1.165, 1.54) is 7.11 Å². The highest BCUT2D eigenvalue weighted by Crippen LogP contribution is 2.31. The zero-order valence-corrected chi connectivity index (χ0v) is 10.6. The summed E-state index contributed by atoms with van der Waals surface area (Å²) in [5.41, 5.74) is -0.580. The van der Waals surface area contributed by atoms with Crippen LogP contribution in [0.4, 0.5) is 17.6 Å². The highest BCUT2D eigenvalue weighted by Gasteiger charge is 2.33. The maximum atomic E-state index is 12.7. The molecular weight excluding hydrogens is 286 g/mol. The summed E-state index contributed by atoms with van der Waals surface area (Å²) in [4.78, 5) is 14.8. The van der Waals surface area contributed by atoms with Crippen LogP contribution in [0.25, 0.3) is 0 Å². The molecule has 1 aromatic heterocycles. The van der Waals surface area contributed by atoms with Gasteiger partial charge in [-0.2, -0.15) is 0 Å². The molecule has 0 aromatic carbocycles. The average Bonchev–Trinajstić information content (AvgIpc) is 2.38. The Balaban J connectivity index is 3.25. The molecule has 0 atom stereocenters. The van der Waals surface area contributed by atoms with Crippen molar-refractivity contribution < 1.29 is 36.6 Å². The van der Waals surface area contributed by atoms with Gasteiger partial charge in [-0.15, -0.1) is 13.2 Å². The van der Waals surface area contributed by atoms with E-state index in [4.69, 9.17) is 4.74 Å². The van der Waals surface area contributed by atoms with Gasteiger partial charge >= 0.3 is 12.3 Å². The molecular formula is C11H11F4NO4. The van der Waals surface area contributed by atoms with Gasteiger partial charge in [-0.1, -0.05) is 0 Å². The number of halogens is 4. The zero-order chi connectivity index (χ0) is 15.3. The number of carbonyl (C=O) groups excluding carboxylic acids is 1. The molecule has 112 valence electrons. The fourth-order valence-electron chi connectivity index (χ4n) is 1.37. The fourth-order valence-corrected chi connectivity index (χ4v) is 1.37. The predicted octanol–water partition coefficient (Wildman–Crippen LogP) is 2.17. The molecule has 0 fully saturated rings. The van der Waals surface area contributed by atoms with Gasteiger partial charge in [0.2, 0.25) is 5.88 Å². The van der Waals surface area contributed by atoms with Crippen LogP contribution in [-0.2, 0) is 22.6 Å². The van der Waals surface area contributed by atoms with Crippen LogP contribution >= 0.6 is 0 Å². The number of methoxy groups -OCH3 is 2. The van der Waals surface area contributed by atoms with E-state index >= 15 is 0 Å². The van der Waals surface area contributed by atoms with Crippen molar-refractivity contribution in [3.05, 3.63) is 17.3 Å². The number of rotatable bonds is 5. The number of alkyl halides is 4. The predicted molar refractivity (Wildman–Crippen MR) is 58.0 cm³/mol. The van der Waals surface area contributed by atoms with Gasteiger partial charge in [0.25, 0.3) is 0 Å². The molecule has 0 aliphatic rings. The van der Waals surface area contributed by atoms with Crippen LogP contribution in [0.15, 0.2) is 6.07 Å². The van der Waals surface area contributed by atoms with E-state index in [2.05, 4.69) is 14.5 Å². The molecule has 20 heavy (non-hydrogen) atoms. The minimum Gasteiger partial charge on any atom is -0.481 e. The van der Waals surface area contributed by atoms with E-state index in [0.717, 1.165) is 13.2 Å². The van der Waals surface area contributed by atoms with Crippen LogP contribution in [0.5, 0.6) is 11.6 Å². The molecule has 0 unspecified atom stereocenters. The van der Waals surface area contributed by atoms with Crippen molar-refractivity contribution in [2.24, 2.45) is 0 Å². The van der Waals surface area contributed by atoms with Crippen LogP contribution in [0.2, 0.25) is 0 Å². The molecule has 0 N–H and O–H groups in total. The summed E-state index contributed by atoms with van der Waals surface area (Å²) in [5.74, 6) is -1.81. The van der Waals surface area contributed by atoms with Gasteiger partial charge < -0.3 is 14.2 Å². The minimum absolute atomic E-state index is 0.221. The average molecular weight is 297 g/mol. The fraction of sp³-hybridized carbons (Fsp3) is 0.455. The lowest BCUT2D eigenvalue weighted by Crippen LogP contribution is -2.20. The third kappa shape index (κ3) is 4.25. The molecule has 0 spiro atoms. The highest BCUT2D eigenvalue weighted by atomic mass is 19.4. The highest BCUT2D eigenvalue weighted by molar-refractivity contribution is 5.72. The van der Waals surface area contributed by atoms with Crippen LogP contribution in [0.3, 0.4) is 0 Å². The lowest BCUT2D eigenvalue weighted by atomic mass is 10.2. The summed E-state index contributed by atoms with van der Waals surface area (Å²) in [5, 5.41) is 0. The first-order chi connectivity index (χ1) is 9.30. The Bertz CT molecular complexity index is 490. The summed E-state index contributed by atoms with van der Waals surface area (Å²) in [6, 6.07) is 0.789. The maximum Gasteiger partial charge on any atom is 0.573 e. The zero-order valence-electron chi connectivity index (χ0n) is 10.6. The first-order valence-electron chi connectivity index (χ1n) is 5.26. The quantitative estimate of drug-likeness (QED) is 0.616. The number of nitrogens with zero attached hydrogens (tertiary/aromatic N) is 1. The molecule has 1 rings (SSSR count). The molecule has 5 nitrogen and oxygen atoms in total. The standard InChI is InChI=1S/C11H11F4NO4/c1-18-9(17)4-7-8(20-11(13,14)15)3-6(5-12)10(16-7)19-2/h3H,4-5H2,1-2H3. The lowest BCUT2D eigenvalue weighted by molar-refractivity contribution is -0.275. The van der Waals surface area contributed by atoms with Gasteiger partial charge in [0.05, 0.1) is 26.3 Å². The molecule has 1 heterocycles. The SMILES string of the molecule is COC(=O)Cc1nc(OC)c(CF)cc1OC(F)(F)F.